The van der Waals surface area contributed by atoms with Gasteiger partial charge < -0.3 is 9.64 Å². The molecule has 0 N–H and O–H groups in total. The molecule has 1 unspecified atom stereocenters. The zero-order valence-corrected chi connectivity index (χ0v) is 13.6. The minimum absolute atomic E-state index is 0.00744. The Balaban J connectivity index is 1.78. The van der Waals surface area contributed by atoms with Gasteiger partial charge in [-0.15, -0.1) is 0 Å². The van der Waals surface area contributed by atoms with E-state index in [4.69, 9.17) is 4.74 Å². The Morgan fingerprint density at radius 1 is 1.39 bits per heavy atom. The molecule has 1 aromatic rings. The summed E-state index contributed by atoms with van der Waals surface area (Å²) in [6, 6.07) is 1.24. The van der Waals surface area contributed by atoms with Crippen molar-refractivity contribution in [3.05, 3.63) is 18.1 Å². The van der Waals surface area contributed by atoms with Crippen molar-refractivity contribution in [3.63, 3.8) is 0 Å². The SMILES string of the molecule is CCC1CN(c2cnc(N3CCS(=O)(=O)CC3)c(F)c2)C(=O)O1. The number of cyclic esters (lactones) is 1. The molecule has 3 heterocycles. The van der Waals surface area contributed by atoms with Crippen molar-refractivity contribution in [2.45, 2.75) is 19.4 Å². The van der Waals surface area contributed by atoms with E-state index in [1.807, 2.05) is 6.92 Å². The standard InChI is InChI=1S/C14H18FN3O4S/c1-2-11-9-18(14(19)22-11)10-7-12(15)13(16-8-10)17-3-5-23(20,21)6-4-17/h7-8,11H,2-6,9H2,1H3. The number of carbonyl (C=O) groups excluding carboxylic acids is 1. The molecule has 0 spiro atoms. The summed E-state index contributed by atoms with van der Waals surface area (Å²) in [5, 5.41) is 0. The summed E-state index contributed by atoms with van der Waals surface area (Å²) in [6.45, 7) is 2.72. The van der Waals surface area contributed by atoms with Crippen molar-refractivity contribution < 1.29 is 22.3 Å². The van der Waals surface area contributed by atoms with Gasteiger partial charge in [0.1, 0.15) is 6.10 Å². The highest BCUT2D eigenvalue weighted by Gasteiger charge is 2.32. The third-order valence-electron chi connectivity index (χ3n) is 4.09. The lowest BCUT2D eigenvalue weighted by Crippen LogP contribution is -2.41. The second-order valence-electron chi connectivity index (χ2n) is 5.66. The highest BCUT2D eigenvalue weighted by Crippen LogP contribution is 2.27. The molecule has 0 aromatic carbocycles. The highest BCUT2D eigenvalue weighted by molar-refractivity contribution is 7.91. The van der Waals surface area contributed by atoms with E-state index >= 15 is 0 Å². The molecule has 0 saturated carbocycles. The minimum Gasteiger partial charge on any atom is -0.444 e. The first-order valence-corrected chi connectivity index (χ1v) is 9.31. The summed E-state index contributed by atoms with van der Waals surface area (Å²) in [7, 11) is -3.04. The molecule has 2 fully saturated rings. The number of amides is 1. The predicted octanol–water partition coefficient (Wildman–Crippen LogP) is 1.19. The summed E-state index contributed by atoms with van der Waals surface area (Å²) >= 11 is 0. The molecule has 3 rings (SSSR count). The van der Waals surface area contributed by atoms with Crippen molar-refractivity contribution in [2.75, 3.05) is 40.9 Å². The van der Waals surface area contributed by atoms with Crippen LogP contribution >= 0.6 is 0 Å². The average Bonchev–Trinajstić information content (AvgIpc) is 2.89. The Labute approximate surface area is 134 Å². The predicted molar refractivity (Wildman–Crippen MR) is 83.0 cm³/mol. The van der Waals surface area contributed by atoms with Gasteiger partial charge in [-0.25, -0.2) is 22.6 Å². The van der Waals surface area contributed by atoms with Gasteiger partial charge in [0.15, 0.2) is 21.5 Å². The maximum Gasteiger partial charge on any atom is 0.414 e. The van der Waals surface area contributed by atoms with Crippen molar-refractivity contribution in [3.8, 4) is 0 Å². The summed E-state index contributed by atoms with van der Waals surface area (Å²) in [5.74, 6) is -0.475. The van der Waals surface area contributed by atoms with Crippen LogP contribution in [0.3, 0.4) is 0 Å². The van der Waals surface area contributed by atoms with Gasteiger partial charge in [0, 0.05) is 19.2 Å². The number of sulfone groups is 1. The summed E-state index contributed by atoms with van der Waals surface area (Å²) in [5.41, 5.74) is 0.344. The third-order valence-corrected chi connectivity index (χ3v) is 5.70. The number of pyridine rings is 1. The van der Waals surface area contributed by atoms with E-state index in [1.165, 1.54) is 17.2 Å². The van der Waals surface area contributed by atoms with E-state index < -0.39 is 21.7 Å². The molecule has 0 aliphatic carbocycles. The molecule has 2 aliphatic heterocycles. The van der Waals surface area contributed by atoms with Crippen LogP contribution in [0.4, 0.5) is 20.7 Å². The first-order valence-electron chi connectivity index (χ1n) is 7.48. The first-order chi connectivity index (χ1) is 10.9. The first kappa shape index (κ1) is 16.0. The molecule has 126 valence electrons. The molecule has 2 aliphatic rings. The van der Waals surface area contributed by atoms with Crippen molar-refractivity contribution >= 4 is 27.4 Å². The zero-order chi connectivity index (χ0) is 16.6. The van der Waals surface area contributed by atoms with Gasteiger partial charge >= 0.3 is 6.09 Å². The minimum atomic E-state index is -3.04. The molecule has 1 atom stereocenters. The van der Waals surface area contributed by atoms with E-state index in [2.05, 4.69) is 4.98 Å². The normalized spacial score (nSPS) is 23.9. The fourth-order valence-corrected chi connectivity index (χ4v) is 3.87. The third kappa shape index (κ3) is 3.24. The molecule has 0 bridgehead atoms. The number of rotatable bonds is 3. The van der Waals surface area contributed by atoms with Crippen LogP contribution in [0.15, 0.2) is 12.3 Å². The van der Waals surface area contributed by atoms with Crippen molar-refractivity contribution in [2.24, 2.45) is 0 Å². The van der Waals surface area contributed by atoms with E-state index in [1.54, 1.807) is 4.90 Å². The van der Waals surface area contributed by atoms with Gasteiger partial charge in [-0.3, -0.25) is 4.90 Å². The highest BCUT2D eigenvalue weighted by atomic mass is 32.2. The second kappa shape index (κ2) is 5.95. The smallest absolute Gasteiger partial charge is 0.414 e. The second-order valence-corrected chi connectivity index (χ2v) is 7.97. The molecule has 7 nitrogen and oxygen atoms in total. The lowest BCUT2D eigenvalue weighted by Gasteiger charge is -2.28. The van der Waals surface area contributed by atoms with Gasteiger partial charge in [0.25, 0.3) is 0 Å². The average molecular weight is 343 g/mol. The number of nitrogens with zero attached hydrogens (tertiary/aromatic N) is 3. The van der Waals surface area contributed by atoms with Crippen LogP contribution < -0.4 is 9.80 Å². The maximum atomic E-state index is 14.4. The van der Waals surface area contributed by atoms with E-state index in [0.29, 0.717) is 18.7 Å². The Morgan fingerprint density at radius 3 is 2.65 bits per heavy atom. The van der Waals surface area contributed by atoms with Crippen LogP contribution in [0, 0.1) is 5.82 Å². The lowest BCUT2D eigenvalue weighted by atomic mass is 10.2. The van der Waals surface area contributed by atoms with Crippen LogP contribution in [0.1, 0.15) is 13.3 Å². The molecule has 23 heavy (non-hydrogen) atoms. The number of halogens is 1. The Morgan fingerprint density at radius 2 is 2.09 bits per heavy atom. The van der Waals surface area contributed by atoms with Gasteiger partial charge in [-0.1, -0.05) is 6.92 Å². The maximum absolute atomic E-state index is 14.4. The summed E-state index contributed by atoms with van der Waals surface area (Å²) in [6.07, 6.45) is 1.41. The number of hydrogen-bond acceptors (Lipinski definition) is 6. The molecule has 0 radical (unpaired) electrons. The Hall–Kier alpha value is -1.90. The molecular formula is C14H18FN3O4S. The largest absolute Gasteiger partial charge is 0.444 e. The quantitative estimate of drug-likeness (QED) is 0.820. The fourth-order valence-electron chi connectivity index (χ4n) is 2.67. The molecule has 1 aromatic heterocycles. The topological polar surface area (TPSA) is 79.8 Å². The van der Waals surface area contributed by atoms with Crippen molar-refractivity contribution in [1.82, 2.24) is 4.98 Å². The Bertz CT molecular complexity index is 711. The van der Waals surface area contributed by atoms with Gasteiger partial charge in [-0.2, -0.15) is 0 Å². The fraction of sp³-hybridized carbons (Fsp3) is 0.571. The zero-order valence-electron chi connectivity index (χ0n) is 12.7. The van der Waals surface area contributed by atoms with Crippen LogP contribution in [0.2, 0.25) is 0 Å². The number of hydrogen-bond donors (Lipinski definition) is 0. The lowest BCUT2D eigenvalue weighted by molar-refractivity contribution is 0.139. The van der Waals surface area contributed by atoms with Crippen LogP contribution in [-0.4, -0.2) is 56.7 Å². The van der Waals surface area contributed by atoms with Gasteiger partial charge in [0.05, 0.1) is 29.9 Å². The van der Waals surface area contributed by atoms with Crippen LogP contribution in [-0.2, 0) is 14.6 Å². The van der Waals surface area contributed by atoms with Crippen LogP contribution in [0.5, 0.6) is 0 Å². The monoisotopic (exact) mass is 343 g/mol. The molecule has 1 amide bonds. The molecular weight excluding hydrogens is 325 g/mol. The number of aromatic nitrogens is 1. The Kier molecular flexibility index (Phi) is 4.13. The van der Waals surface area contributed by atoms with Crippen LogP contribution in [0.25, 0.3) is 0 Å². The molecule has 9 heteroatoms. The van der Waals surface area contributed by atoms with Crippen molar-refractivity contribution in [1.29, 1.82) is 0 Å². The van der Waals surface area contributed by atoms with Gasteiger partial charge in [-0.05, 0) is 6.42 Å². The molecule has 2 saturated heterocycles. The summed E-state index contributed by atoms with van der Waals surface area (Å²) < 4.78 is 42.4. The number of ether oxygens (including phenoxy) is 1. The van der Waals surface area contributed by atoms with E-state index in [-0.39, 0.29) is 36.5 Å². The van der Waals surface area contributed by atoms with E-state index in [0.717, 1.165) is 0 Å². The number of carbonyl (C=O) groups is 1. The van der Waals surface area contributed by atoms with Gasteiger partial charge in [0.2, 0.25) is 0 Å². The van der Waals surface area contributed by atoms with E-state index in [9.17, 15) is 17.6 Å². The number of anilines is 2. The summed E-state index contributed by atoms with van der Waals surface area (Å²) in [4.78, 5) is 18.8.